The summed E-state index contributed by atoms with van der Waals surface area (Å²) in [5, 5.41) is 11.9. The lowest BCUT2D eigenvalue weighted by Gasteiger charge is -2.36. The van der Waals surface area contributed by atoms with Gasteiger partial charge in [-0.25, -0.2) is 0 Å². The van der Waals surface area contributed by atoms with E-state index in [1.165, 1.54) is 0 Å². The highest BCUT2D eigenvalue weighted by molar-refractivity contribution is 6.04. The predicted octanol–water partition coefficient (Wildman–Crippen LogP) is 4.74. The predicted molar refractivity (Wildman–Crippen MR) is 145 cm³/mol. The third-order valence-corrected chi connectivity index (χ3v) is 6.89. The van der Waals surface area contributed by atoms with E-state index in [0.29, 0.717) is 40.4 Å². The summed E-state index contributed by atoms with van der Waals surface area (Å²) in [6, 6.07) is 21.4. The Hall–Kier alpha value is -4.35. The number of nitrogens with one attached hydrogen (secondary N) is 1. The lowest BCUT2D eigenvalue weighted by Crippen LogP contribution is -2.43. The summed E-state index contributed by atoms with van der Waals surface area (Å²) in [6.07, 6.45) is 3.38. The van der Waals surface area contributed by atoms with Crippen LogP contribution in [0, 0.1) is 11.3 Å². The van der Waals surface area contributed by atoms with E-state index in [4.69, 9.17) is 20.5 Å². The highest BCUT2D eigenvalue weighted by Crippen LogP contribution is 2.31. The summed E-state index contributed by atoms with van der Waals surface area (Å²) in [4.78, 5) is 28.4. The first kappa shape index (κ1) is 26.7. The zero-order valence-electron chi connectivity index (χ0n) is 21.6. The first-order chi connectivity index (χ1) is 18.4. The van der Waals surface area contributed by atoms with Gasteiger partial charge in [0.1, 0.15) is 0 Å². The summed E-state index contributed by atoms with van der Waals surface area (Å²) < 4.78 is 10.7. The number of hydrogen-bond donors (Lipinski definition) is 2. The van der Waals surface area contributed by atoms with E-state index in [1.807, 2.05) is 35.2 Å². The molecular formula is C30H32N4O4. The fourth-order valence-electron chi connectivity index (χ4n) is 4.76. The molecule has 0 bridgehead atoms. The molecular weight excluding hydrogens is 480 g/mol. The monoisotopic (exact) mass is 512 g/mol. The van der Waals surface area contributed by atoms with Crippen molar-refractivity contribution >= 4 is 17.5 Å². The van der Waals surface area contributed by atoms with Gasteiger partial charge >= 0.3 is 0 Å². The number of carbonyl (C=O) groups is 2. The lowest BCUT2D eigenvalue weighted by atomic mass is 9.90. The number of nitrogens with two attached hydrogens (primary N) is 1. The number of amides is 2. The summed E-state index contributed by atoms with van der Waals surface area (Å²) in [5.41, 5.74) is 9.13. The normalized spacial score (nSPS) is 16.7. The van der Waals surface area contributed by atoms with Crippen LogP contribution < -0.4 is 20.5 Å². The third-order valence-electron chi connectivity index (χ3n) is 6.89. The number of nitriles is 1. The number of methoxy groups -OCH3 is 2. The van der Waals surface area contributed by atoms with Gasteiger partial charge in [0.2, 0.25) is 0 Å². The molecule has 3 aromatic carbocycles. The third kappa shape index (κ3) is 6.31. The van der Waals surface area contributed by atoms with Crippen molar-refractivity contribution in [3.63, 3.8) is 0 Å². The van der Waals surface area contributed by atoms with Gasteiger partial charge in [0, 0.05) is 35.4 Å². The summed E-state index contributed by atoms with van der Waals surface area (Å²) in [6.45, 7) is 0.383. The first-order valence-electron chi connectivity index (χ1n) is 12.6. The molecule has 0 aromatic heterocycles. The van der Waals surface area contributed by atoms with Crippen LogP contribution in [0.4, 0.5) is 5.69 Å². The molecule has 0 saturated heterocycles. The SMILES string of the molecule is COc1ccc(C(=O)N(Cc2cccc(NC(=O)c3ccc(C#N)cc3)c2)C2CCC(N)CC2)cc1OC. The van der Waals surface area contributed by atoms with E-state index < -0.39 is 0 Å². The Morgan fingerprint density at radius 3 is 2.29 bits per heavy atom. The highest BCUT2D eigenvalue weighted by atomic mass is 16.5. The van der Waals surface area contributed by atoms with Gasteiger partial charge in [-0.05, 0) is 85.8 Å². The number of nitrogens with zero attached hydrogens (tertiary/aromatic N) is 2. The van der Waals surface area contributed by atoms with Crippen LogP contribution in [0.25, 0.3) is 0 Å². The molecule has 0 aliphatic heterocycles. The minimum absolute atomic E-state index is 0.0484. The van der Waals surface area contributed by atoms with Crippen molar-refractivity contribution in [3.05, 3.63) is 89.0 Å². The van der Waals surface area contributed by atoms with E-state index in [2.05, 4.69) is 5.32 Å². The van der Waals surface area contributed by atoms with E-state index in [0.717, 1.165) is 31.2 Å². The molecule has 3 N–H and O–H groups in total. The maximum absolute atomic E-state index is 13.8. The molecule has 2 amide bonds. The minimum Gasteiger partial charge on any atom is -0.493 e. The van der Waals surface area contributed by atoms with Crippen molar-refractivity contribution in [1.82, 2.24) is 4.90 Å². The standard InChI is InChI=1S/C30H32N4O4/c1-37-27-15-10-23(17-28(27)38-2)30(36)34(26-13-11-24(32)12-14-26)19-21-4-3-5-25(16-21)33-29(35)22-8-6-20(18-31)7-9-22/h3-10,15-17,24,26H,11-14,19,32H2,1-2H3,(H,33,35). The highest BCUT2D eigenvalue weighted by Gasteiger charge is 2.29. The zero-order valence-corrected chi connectivity index (χ0v) is 21.6. The van der Waals surface area contributed by atoms with Gasteiger partial charge in [-0.2, -0.15) is 5.26 Å². The Kier molecular flexibility index (Phi) is 8.62. The van der Waals surface area contributed by atoms with E-state index >= 15 is 0 Å². The maximum Gasteiger partial charge on any atom is 0.255 e. The van der Waals surface area contributed by atoms with E-state index in [9.17, 15) is 9.59 Å². The van der Waals surface area contributed by atoms with Crippen molar-refractivity contribution in [2.45, 2.75) is 44.3 Å². The van der Waals surface area contributed by atoms with Gasteiger partial charge in [0.05, 0.1) is 25.9 Å². The second-order valence-electron chi connectivity index (χ2n) is 9.42. The van der Waals surface area contributed by atoms with Crippen LogP contribution in [0.3, 0.4) is 0 Å². The smallest absolute Gasteiger partial charge is 0.255 e. The number of anilines is 1. The molecule has 1 aliphatic rings. The molecule has 1 fully saturated rings. The molecule has 4 rings (SSSR count). The van der Waals surface area contributed by atoms with Crippen molar-refractivity contribution in [2.75, 3.05) is 19.5 Å². The lowest BCUT2D eigenvalue weighted by molar-refractivity contribution is 0.0606. The van der Waals surface area contributed by atoms with Gasteiger partial charge in [0.15, 0.2) is 11.5 Å². The van der Waals surface area contributed by atoms with E-state index in [-0.39, 0.29) is 23.9 Å². The minimum atomic E-state index is -0.272. The molecule has 38 heavy (non-hydrogen) atoms. The van der Waals surface area contributed by atoms with Crippen LogP contribution in [0.2, 0.25) is 0 Å². The topological polar surface area (TPSA) is 118 Å². The van der Waals surface area contributed by atoms with Crippen LogP contribution in [0.1, 0.15) is 57.5 Å². The zero-order chi connectivity index (χ0) is 27.1. The summed E-state index contributed by atoms with van der Waals surface area (Å²) >= 11 is 0. The molecule has 1 aliphatic carbocycles. The largest absolute Gasteiger partial charge is 0.493 e. The number of ether oxygens (including phenoxy) is 2. The molecule has 0 radical (unpaired) electrons. The fraction of sp³-hybridized carbons (Fsp3) is 0.300. The number of rotatable bonds is 8. The van der Waals surface area contributed by atoms with Crippen LogP contribution in [0.5, 0.6) is 11.5 Å². The van der Waals surface area contributed by atoms with Gasteiger partial charge in [0.25, 0.3) is 11.8 Å². The molecule has 1 saturated carbocycles. The van der Waals surface area contributed by atoms with E-state index in [1.54, 1.807) is 56.7 Å². The Morgan fingerprint density at radius 1 is 0.947 bits per heavy atom. The van der Waals surface area contributed by atoms with Crippen LogP contribution in [-0.4, -0.2) is 43.0 Å². The average Bonchev–Trinajstić information content (AvgIpc) is 2.96. The molecule has 196 valence electrons. The molecule has 3 aromatic rings. The Morgan fingerprint density at radius 2 is 1.63 bits per heavy atom. The molecule has 0 atom stereocenters. The van der Waals surface area contributed by atoms with Gasteiger partial charge in [-0.1, -0.05) is 12.1 Å². The molecule has 0 spiro atoms. The summed E-state index contributed by atoms with van der Waals surface area (Å²) in [7, 11) is 3.11. The van der Waals surface area contributed by atoms with Gasteiger partial charge in [-0.15, -0.1) is 0 Å². The van der Waals surface area contributed by atoms with Crippen molar-refractivity contribution in [2.24, 2.45) is 5.73 Å². The van der Waals surface area contributed by atoms with Crippen molar-refractivity contribution < 1.29 is 19.1 Å². The molecule has 0 unspecified atom stereocenters. The van der Waals surface area contributed by atoms with Crippen molar-refractivity contribution in [3.8, 4) is 17.6 Å². The second-order valence-corrected chi connectivity index (χ2v) is 9.42. The van der Waals surface area contributed by atoms with Gasteiger partial charge < -0.3 is 25.4 Å². The van der Waals surface area contributed by atoms with Crippen LogP contribution in [-0.2, 0) is 6.54 Å². The Bertz CT molecular complexity index is 1320. The maximum atomic E-state index is 13.8. The fourth-order valence-corrected chi connectivity index (χ4v) is 4.76. The first-order valence-corrected chi connectivity index (χ1v) is 12.6. The summed E-state index contributed by atoms with van der Waals surface area (Å²) in [5.74, 6) is 0.686. The second kappa shape index (κ2) is 12.3. The number of hydrogen-bond acceptors (Lipinski definition) is 6. The van der Waals surface area contributed by atoms with Gasteiger partial charge in [-0.3, -0.25) is 9.59 Å². The Balaban J connectivity index is 1.56. The average molecular weight is 513 g/mol. The van der Waals surface area contributed by atoms with Crippen LogP contribution >= 0.6 is 0 Å². The van der Waals surface area contributed by atoms with Crippen molar-refractivity contribution in [1.29, 1.82) is 5.26 Å². The quantitative estimate of drug-likeness (QED) is 0.450. The number of benzene rings is 3. The number of carbonyl (C=O) groups excluding carboxylic acids is 2. The Labute approximate surface area is 223 Å². The molecule has 0 heterocycles. The molecule has 8 nitrogen and oxygen atoms in total. The van der Waals surface area contributed by atoms with Crippen LogP contribution in [0.15, 0.2) is 66.7 Å². The molecule has 8 heteroatoms.